The number of rotatable bonds is 5. The molecule has 0 bridgehead atoms. The minimum atomic E-state index is -0.585. The summed E-state index contributed by atoms with van der Waals surface area (Å²) in [5.74, 6) is -1.04. The van der Waals surface area contributed by atoms with Crippen LogP contribution in [0.25, 0.3) is 6.08 Å². The van der Waals surface area contributed by atoms with Gasteiger partial charge < -0.3 is 9.64 Å². The van der Waals surface area contributed by atoms with Crippen LogP contribution in [0.2, 0.25) is 0 Å². The normalized spacial score (nSPS) is 19.1. The number of hydrogen-bond donors (Lipinski definition) is 0. The van der Waals surface area contributed by atoms with Crippen LogP contribution in [-0.4, -0.2) is 47.8 Å². The van der Waals surface area contributed by atoms with E-state index in [-0.39, 0.29) is 12.6 Å². The molecule has 0 aliphatic carbocycles. The number of esters is 1. The maximum Gasteiger partial charge on any atom is 0.326 e. The molecule has 0 radical (unpaired) electrons. The minimum absolute atomic E-state index is 0.285. The molecule has 1 aromatic rings. The Morgan fingerprint density at radius 3 is 2.46 bits per heavy atom. The van der Waals surface area contributed by atoms with Crippen LogP contribution >= 0.6 is 11.8 Å². The van der Waals surface area contributed by atoms with Gasteiger partial charge in [-0.3, -0.25) is 19.3 Å². The summed E-state index contributed by atoms with van der Waals surface area (Å²) < 4.78 is 5.01. The Labute approximate surface area is 157 Å². The number of amides is 2. The number of ether oxygens (including phenoxy) is 1. The van der Waals surface area contributed by atoms with Crippen LogP contribution in [0, 0.1) is 0 Å². The molecule has 2 aliphatic rings. The number of benzene rings is 1. The first kappa shape index (κ1) is 18.5. The predicted molar refractivity (Wildman–Crippen MR) is 102 cm³/mol. The molecule has 7 heteroatoms. The molecule has 2 aliphatic heterocycles. The van der Waals surface area contributed by atoms with Gasteiger partial charge in [0.05, 0.1) is 11.0 Å². The molecular formula is C19H22N2O4S. The quantitative estimate of drug-likeness (QED) is 0.582. The predicted octanol–water partition coefficient (Wildman–Crippen LogP) is 3.27. The van der Waals surface area contributed by atoms with Crippen LogP contribution < -0.4 is 4.90 Å². The summed E-state index contributed by atoms with van der Waals surface area (Å²) in [6.45, 7) is 5.23. The van der Waals surface area contributed by atoms with Gasteiger partial charge in [-0.15, -0.1) is 0 Å². The molecule has 0 unspecified atom stereocenters. The molecule has 138 valence electrons. The first-order valence-corrected chi connectivity index (χ1v) is 9.55. The van der Waals surface area contributed by atoms with E-state index in [1.165, 1.54) is 18.5 Å². The molecule has 2 heterocycles. The highest BCUT2D eigenvalue weighted by Crippen LogP contribution is 2.32. The molecule has 6 nitrogen and oxygen atoms in total. The Kier molecular flexibility index (Phi) is 5.66. The fourth-order valence-corrected chi connectivity index (χ4v) is 3.81. The van der Waals surface area contributed by atoms with Gasteiger partial charge in [-0.1, -0.05) is 12.1 Å². The van der Waals surface area contributed by atoms with Crippen molar-refractivity contribution in [3.8, 4) is 0 Å². The zero-order valence-electron chi connectivity index (χ0n) is 14.9. The average Bonchev–Trinajstić information content (AvgIpc) is 3.20. The van der Waals surface area contributed by atoms with Gasteiger partial charge in [0.1, 0.15) is 6.54 Å². The molecule has 0 aromatic heterocycles. The summed E-state index contributed by atoms with van der Waals surface area (Å²) in [6.07, 6.45) is 3.83. The van der Waals surface area contributed by atoms with E-state index in [0.717, 1.165) is 35.3 Å². The molecule has 2 fully saturated rings. The largest absolute Gasteiger partial charge is 0.462 e. The molecule has 0 atom stereocenters. The van der Waals surface area contributed by atoms with Gasteiger partial charge in [0.25, 0.3) is 11.1 Å². The van der Waals surface area contributed by atoms with Gasteiger partial charge in [0.15, 0.2) is 0 Å². The van der Waals surface area contributed by atoms with E-state index in [1.54, 1.807) is 19.9 Å². The molecule has 0 N–H and O–H groups in total. The average molecular weight is 374 g/mol. The molecule has 0 spiro atoms. The van der Waals surface area contributed by atoms with Gasteiger partial charge in [-0.25, -0.2) is 0 Å². The summed E-state index contributed by atoms with van der Waals surface area (Å²) in [7, 11) is 0. The van der Waals surface area contributed by atoms with Crippen molar-refractivity contribution in [1.82, 2.24) is 4.90 Å². The molecule has 26 heavy (non-hydrogen) atoms. The maximum absolute atomic E-state index is 12.4. The lowest BCUT2D eigenvalue weighted by Crippen LogP contribution is -2.35. The number of carbonyl (C=O) groups is 3. The zero-order chi connectivity index (χ0) is 18.7. The fraction of sp³-hybridized carbons (Fsp3) is 0.421. The second-order valence-electron chi connectivity index (χ2n) is 6.59. The molecule has 2 saturated heterocycles. The number of imide groups is 1. The number of nitrogens with zero attached hydrogens (tertiary/aromatic N) is 2. The number of hydrogen-bond acceptors (Lipinski definition) is 6. The SMILES string of the molecule is CC(C)OC(=O)CN1C(=O)SC(=Cc2ccc(N3CCCC3)cc2)C1=O. The Morgan fingerprint density at radius 2 is 1.85 bits per heavy atom. The number of anilines is 1. The van der Waals surface area contributed by atoms with Crippen molar-refractivity contribution in [2.24, 2.45) is 0 Å². The Balaban J connectivity index is 1.68. The van der Waals surface area contributed by atoms with Gasteiger partial charge >= 0.3 is 5.97 Å². The van der Waals surface area contributed by atoms with Crippen molar-refractivity contribution in [2.45, 2.75) is 32.8 Å². The molecule has 0 saturated carbocycles. The molecule has 3 rings (SSSR count). The fourth-order valence-electron chi connectivity index (χ4n) is 2.97. The van der Waals surface area contributed by atoms with Crippen molar-refractivity contribution in [3.05, 3.63) is 34.7 Å². The maximum atomic E-state index is 12.4. The minimum Gasteiger partial charge on any atom is -0.462 e. The van der Waals surface area contributed by atoms with Crippen molar-refractivity contribution in [1.29, 1.82) is 0 Å². The highest BCUT2D eigenvalue weighted by atomic mass is 32.2. The topological polar surface area (TPSA) is 66.9 Å². The van der Waals surface area contributed by atoms with Crippen molar-refractivity contribution < 1.29 is 19.1 Å². The third kappa shape index (κ3) is 4.27. The molecule has 1 aromatic carbocycles. The lowest BCUT2D eigenvalue weighted by molar-refractivity contribution is -0.149. The van der Waals surface area contributed by atoms with E-state index < -0.39 is 17.1 Å². The van der Waals surface area contributed by atoms with Crippen LogP contribution in [0.15, 0.2) is 29.2 Å². The van der Waals surface area contributed by atoms with E-state index in [1.807, 2.05) is 24.3 Å². The van der Waals surface area contributed by atoms with E-state index >= 15 is 0 Å². The summed E-state index contributed by atoms with van der Waals surface area (Å²) >= 11 is 0.847. The van der Waals surface area contributed by atoms with Gasteiger partial charge in [0, 0.05) is 18.8 Å². The van der Waals surface area contributed by atoms with E-state index in [0.29, 0.717) is 4.91 Å². The molecule has 2 amide bonds. The Morgan fingerprint density at radius 1 is 1.19 bits per heavy atom. The number of carbonyl (C=O) groups excluding carboxylic acids is 3. The zero-order valence-corrected chi connectivity index (χ0v) is 15.8. The Bertz CT molecular complexity index is 736. The highest BCUT2D eigenvalue weighted by Gasteiger charge is 2.36. The van der Waals surface area contributed by atoms with Crippen LogP contribution in [-0.2, 0) is 14.3 Å². The van der Waals surface area contributed by atoms with Crippen molar-refractivity contribution in [3.63, 3.8) is 0 Å². The van der Waals surface area contributed by atoms with Gasteiger partial charge in [0.2, 0.25) is 0 Å². The van der Waals surface area contributed by atoms with E-state index in [9.17, 15) is 14.4 Å². The van der Waals surface area contributed by atoms with Gasteiger partial charge in [-0.2, -0.15) is 0 Å². The second-order valence-corrected chi connectivity index (χ2v) is 7.59. The van der Waals surface area contributed by atoms with E-state index in [2.05, 4.69) is 4.90 Å². The highest BCUT2D eigenvalue weighted by molar-refractivity contribution is 8.18. The third-order valence-corrected chi connectivity index (χ3v) is 5.10. The first-order chi connectivity index (χ1) is 12.4. The van der Waals surface area contributed by atoms with Gasteiger partial charge in [-0.05, 0) is 62.2 Å². The van der Waals surface area contributed by atoms with E-state index in [4.69, 9.17) is 4.74 Å². The Hall–Kier alpha value is -2.28. The summed E-state index contributed by atoms with van der Waals surface area (Å²) in [5.41, 5.74) is 2.02. The second kappa shape index (κ2) is 7.95. The standard InChI is InChI=1S/C19H22N2O4S/c1-13(2)25-17(22)12-21-18(23)16(26-19(21)24)11-14-5-7-15(8-6-14)20-9-3-4-10-20/h5-8,11,13H,3-4,9-10,12H2,1-2H3. The summed E-state index contributed by atoms with van der Waals surface area (Å²) in [5, 5.41) is -0.448. The van der Waals surface area contributed by atoms with Crippen molar-refractivity contribution >= 4 is 40.6 Å². The van der Waals surface area contributed by atoms with Crippen LogP contribution in [0.1, 0.15) is 32.3 Å². The lowest BCUT2D eigenvalue weighted by atomic mass is 10.2. The summed E-state index contributed by atoms with van der Waals surface area (Å²) in [6, 6.07) is 7.94. The smallest absolute Gasteiger partial charge is 0.326 e. The first-order valence-electron chi connectivity index (χ1n) is 8.74. The summed E-state index contributed by atoms with van der Waals surface area (Å²) in [4.78, 5) is 39.8. The van der Waals surface area contributed by atoms with Crippen LogP contribution in [0.3, 0.4) is 0 Å². The molecular weight excluding hydrogens is 352 g/mol. The third-order valence-electron chi connectivity index (χ3n) is 4.19. The van der Waals surface area contributed by atoms with Crippen LogP contribution in [0.4, 0.5) is 10.5 Å². The monoisotopic (exact) mass is 374 g/mol. The number of thioether (sulfide) groups is 1. The lowest BCUT2D eigenvalue weighted by Gasteiger charge is -2.17. The van der Waals surface area contributed by atoms with Crippen molar-refractivity contribution in [2.75, 3.05) is 24.5 Å². The van der Waals surface area contributed by atoms with Crippen LogP contribution in [0.5, 0.6) is 0 Å².